The lowest BCUT2D eigenvalue weighted by molar-refractivity contribution is -0.134. The second-order valence-electron chi connectivity index (χ2n) is 2.94. The highest BCUT2D eigenvalue weighted by Crippen LogP contribution is 2.07. The van der Waals surface area contributed by atoms with Crippen molar-refractivity contribution in [2.45, 2.75) is 47.1 Å². The van der Waals surface area contributed by atoms with Crippen molar-refractivity contribution in [2.75, 3.05) is 19.8 Å². The van der Waals surface area contributed by atoms with Crippen molar-refractivity contribution >= 4 is 0 Å². The topological polar surface area (TPSA) is 21.7 Å². The van der Waals surface area contributed by atoms with E-state index in [2.05, 4.69) is 25.7 Å². The van der Waals surface area contributed by atoms with E-state index in [9.17, 15) is 0 Å². The molecule has 0 bridgehead atoms. The van der Waals surface area contributed by atoms with Crippen LogP contribution in [0.1, 0.15) is 34.6 Å². The quantitative estimate of drug-likeness (QED) is 0.572. The lowest BCUT2D eigenvalue weighted by Gasteiger charge is -2.32. The number of rotatable bonds is 7. The summed E-state index contributed by atoms with van der Waals surface area (Å²) in [6.07, 6.45) is 0.271. The summed E-state index contributed by atoms with van der Waals surface area (Å²) in [5.41, 5.74) is 0. The van der Waals surface area contributed by atoms with Gasteiger partial charge in [0, 0.05) is 19.8 Å². The average Bonchev–Trinajstić information content (AvgIpc) is 2.06. The number of nitrogens with zero attached hydrogens (tertiary/aromatic N) is 1. The third kappa shape index (κ3) is 4.60. The van der Waals surface area contributed by atoms with Crippen molar-refractivity contribution in [3.8, 4) is 0 Å². The monoisotopic (exact) mass is 189 g/mol. The van der Waals surface area contributed by atoms with Crippen molar-refractivity contribution in [2.24, 2.45) is 0 Å². The average molecular weight is 189 g/mol. The van der Waals surface area contributed by atoms with E-state index in [4.69, 9.17) is 9.47 Å². The van der Waals surface area contributed by atoms with E-state index < -0.39 is 0 Å². The van der Waals surface area contributed by atoms with Gasteiger partial charge in [-0.15, -0.1) is 0 Å². The minimum Gasteiger partial charge on any atom is -0.364 e. The van der Waals surface area contributed by atoms with E-state index in [0.717, 1.165) is 19.8 Å². The molecule has 0 spiro atoms. The molecule has 80 valence electrons. The molecule has 0 rings (SSSR count). The van der Waals surface area contributed by atoms with Crippen LogP contribution in [0.25, 0.3) is 0 Å². The first-order chi connectivity index (χ1) is 6.17. The van der Waals surface area contributed by atoms with Crippen LogP contribution in [0.2, 0.25) is 0 Å². The van der Waals surface area contributed by atoms with E-state index in [1.807, 2.05) is 13.8 Å². The molecule has 0 heterocycles. The van der Waals surface area contributed by atoms with E-state index in [1.54, 1.807) is 0 Å². The number of hydrogen-bond donors (Lipinski definition) is 0. The molecule has 13 heavy (non-hydrogen) atoms. The van der Waals surface area contributed by atoms with Gasteiger partial charge in [0.1, 0.15) is 12.5 Å². The van der Waals surface area contributed by atoms with Gasteiger partial charge < -0.3 is 9.47 Å². The van der Waals surface area contributed by atoms with Gasteiger partial charge in [0.05, 0.1) is 0 Å². The first-order valence-corrected chi connectivity index (χ1v) is 5.16. The maximum Gasteiger partial charge on any atom is 0.109 e. The van der Waals surface area contributed by atoms with E-state index in [1.165, 1.54) is 0 Å². The molecule has 0 aromatic heterocycles. The Morgan fingerprint density at radius 2 is 1.31 bits per heavy atom. The van der Waals surface area contributed by atoms with Gasteiger partial charge in [-0.2, -0.15) is 0 Å². The molecule has 0 radical (unpaired) electrons. The van der Waals surface area contributed by atoms with Gasteiger partial charge >= 0.3 is 0 Å². The molecule has 0 aliphatic carbocycles. The smallest absolute Gasteiger partial charge is 0.109 e. The van der Waals surface area contributed by atoms with Crippen molar-refractivity contribution < 1.29 is 9.47 Å². The van der Waals surface area contributed by atoms with Crippen LogP contribution in [0, 0.1) is 0 Å². The summed E-state index contributed by atoms with van der Waals surface area (Å²) in [5.74, 6) is 0. The van der Waals surface area contributed by atoms with Crippen LogP contribution < -0.4 is 0 Å². The molecule has 0 N–H and O–H groups in total. The standard InChI is InChI=1S/C10H23NO2/c1-6-11(9(4)12-7-2)10(5)13-8-3/h9-10H,6-8H2,1-5H3. The fraction of sp³-hybridized carbons (Fsp3) is 1.00. The molecule has 0 aromatic rings. The van der Waals surface area contributed by atoms with E-state index in [0.29, 0.717) is 0 Å². The van der Waals surface area contributed by atoms with Crippen LogP contribution in [0.5, 0.6) is 0 Å². The first kappa shape index (κ1) is 12.9. The predicted octanol–water partition coefficient (Wildman–Crippen LogP) is 2.07. The molecular weight excluding hydrogens is 166 g/mol. The summed E-state index contributed by atoms with van der Waals surface area (Å²) in [4.78, 5) is 2.19. The lowest BCUT2D eigenvalue weighted by atomic mass is 10.4. The molecule has 2 atom stereocenters. The van der Waals surface area contributed by atoms with Crippen LogP contribution in [-0.2, 0) is 9.47 Å². The highest BCUT2D eigenvalue weighted by atomic mass is 16.5. The molecule has 3 heteroatoms. The molecule has 0 aliphatic heterocycles. The Bertz CT molecular complexity index is 107. The fourth-order valence-electron chi connectivity index (χ4n) is 1.48. The largest absolute Gasteiger partial charge is 0.364 e. The second kappa shape index (κ2) is 7.30. The maximum atomic E-state index is 5.51. The highest BCUT2D eigenvalue weighted by molar-refractivity contribution is 4.59. The van der Waals surface area contributed by atoms with Gasteiger partial charge in [-0.25, -0.2) is 0 Å². The molecule has 2 unspecified atom stereocenters. The first-order valence-electron chi connectivity index (χ1n) is 5.16. The Labute approximate surface area is 82.0 Å². The van der Waals surface area contributed by atoms with Crippen LogP contribution in [0.15, 0.2) is 0 Å². The third-order valence-electron chi connectivity index (χ3n) is 2.11. The van der Waals surface area contributed by atoms with Crippen molar-refractivity contribution in [3.05, 3.63) is 0 Å². The second-order valence-corrected chi connectivity index (χ2v) is 2.94. The van der Waals surface area contributed by atoms with Gasteiger partial charge in [0.25, 0.3) is 0 Å². The van der Waals surface area contributed by atoms with Gasteiger partial charge in [-0.05, 0) is 27.7 Å². The molecule has 0 fully saturated rings. The van der Waals surface area contributed by atoms with E-state index >= 15 is 0 Å². The van der Waals surface area contributed by atoms with Crippen LogP contribution in [-0.4, -0.2) is 37.1 Å². The molecule has 0 aromatic carbocycles. The zero-order valence-electron chi connectivity index (χ0n) is 9.54. The van der Waals surface area contributed by atoms with Crippen molar-refractivity contribution in [1.82, 2.24) is 4.90 Å². The van der Waals surface area contributed by atoms with Gasteiger partial charge in [-0.3, -0.25) is 4.90 Å². The summed E-state index contributed by atoms with van der Waals surface area (Å²) in [7, 11) is 0. The van der Waals surface area contributed by atoms with Crippen LogP contribution in [0.3, 0.4) is 0 Å². The third-order valence-corrected chi connectivity index (χ3v) is 2.11. The zero-order valence-corrected chi connectivity index (χ0v) is 9.54. The van der Waals surface area contributed by atoms with Gasteiger partial charge in [-0.1, -0.05) is 6.92 Å². The zero-order chi connectivity index (χ0) is 10.3. The molecule has 0 aliphatic rings. The summed E-state index contributed by atoms with van der Waals surface area (Å²) >= 11 is 0. The summed E-state index contributed by atoms with van der Waals surface area (Å²) in [5, 5.41) is 0. The highest BCUT2D eigenvalue weighted by Gasteiger charge is 2.18. The van der Waals surface area contributed by atoms with Gasteiger partial charge in [0.2, 0.25) is 0 Å². The summed E-state index contributed by atoms with van der Waals surface area (Å²) in [6.45, 7) is 12.7. The lowest BCUT2D eigenvalue weighted by Crippen LogP contribution is -2.42. The summed E-state index contributed by atoms with van der Waals surface area (Å²) in [6, 6.07) is 0. The summed E-state index contributed by atoms with van der Waals surface area (Å²) < 4.78 is 11.0. The van der Waals surface area contributed by atoms with Crippen molar-refractivity contribution in [1.29, 1.82) is 0 Å². The predicted molar refractivity (Wildman–Crippen MR) is 54.6 cm³/mol. The normalized spacial score (nSPS) is 16.2. The Morgan fingerprint density at radius 1 is 0.923 bits per heavy atom. The van der Waals surface area contributed by atoms with Gasteiger partial charge in [0.15, 0.2) is 0 Å². The van der Waals surface area contributed by atoms with Crippen molar-refractivity contribution in [3.63, 3.8) is 0 Å². The van der Waals surface area contributed by atoms with Crippen LogP contribution in [0.4, 0.5) is 0 Å². The Balaban J connectivity index is 3.98. The minimum absolute atomic E-state index is 0.136. The minimum atomic E-state index is 0.136. The Kier molecular flexibility index (Phi) is 7.23. The van der Waals surface area contributed by atoms with Crippen LogP contribution >= 0.6 is 0 Å². The maximum absolute atomic E-state index is 5.51. The SMILES string of the molecule is CCOC(C)N(CC)C(C)OCC. The molecule has 0 amide bonds. The molecule has 3 nitrogen and oxygen atoms in total. The van der Waals surface area contributed by atoms with E-state index in [-0.39, 0.29) is 12.5 Å². The molecule has 0 saturated heterocycles. The number of ether oxygens (including phenoxy) is 2. The number of hydrogen-bond acceptors (Lipinski definition) is 3. The Hall–Kier alpha value is -0.120. The fourth-order valence-corrected chi connectivity index (χ4v) is 1.48. The Morgan fingerprint density at radius 3 is 1.54 bits per heavy atom. The molecular formula is C10H23NO2. The molecule has 0 saturated carbocycles.